The van der Waals surface area contributed by atoms with Crippen LogP contribution < -0.4 is 4.74 Å². The highest BCUT2D eigenvalue weighted by atomic mass is 32.2. The molecule has 0 bridgehead atoms. The quantitative estimate of drug-likeness (QED) is 0.234. The van der Waals surface area contributed by atoms with Crippen LogP contribution >= 0.6 is 11.8 Å². The smallest absolute Gasteiger partial charge is 0.143 e. The van der Waals surface area contributed by atoms with Crippen LogP contribution in [0, 0.1) is 0 Å². The second kappa shape index (κ2) is 7.66. The van der Waals surface area contributed by atoms with Crippen LogP contribution in [-0.4, -0.2) is 4.57 Å². The molecule has 0 unspecified atom stereocenters. The summed E-state index contributed by atoms with van der Waals surface area (Å²) in [6.07, 6.45) is 0. The minimum absolute atomic E-state index is 0.0918. The van der Waals surface area contributed by atoms with Crippen LogP contribution in [0.2, 0.25) is 0 Å². The summed E-state index contributed by atoms with van der Waals surface area (Å²) < 4.78 is 8.72. The van der Waals surface area contributed by atoms with Gasteiger partial charge in [-0.15, -0.1) is 0 Å². The van der Waals surface area contributed by atoms with E-state index in [1.807, 2.05) is 12.1 Å². The molecule has 176 valence electrons. The van der Waals surface area contributed by atoms with Crippen molar-refractivity contribution in [3.63, 3.8) is 0 Å². The molecule has 0 aliphatic carbocycles. The summed E-state index contributed by atoms with van der Waals surface area (Å²) in [6.45, 7) is 13.7. The Morgan fingerprint density at radius 1 is 0.600 bits per heavy atom. The molecule has 3 heteroatoms. The molecule has 0 amide bonds. The maximum Gasteiger partial charge on any atom is 0.143 e. The predicted molar refractivity (Wildman–Crippen MR) is 149 cm³/mol. The fourth-order valence-corrected chi connectivity index (χ4v) is 5.82. The first kappa shape index (κ1) is 22.3. The van der Waals surface area contributed by atoms with Crippen molar-refractivity contribution in [2.75, 3.05) is 0 Å². The van der Waals surface area contributed by atoms with Crippen LogP contribution in [0.25, 0.3) is 27.5 Å². The molecule has 0 fully saturated rings. The summed E-state index contributed by atoms with van der Waals surface area (Å²) in [6, 6.07) is 28.8. The number of fused-ring (bicyclic) bond motifs is 5. The molecule has 2 nitrogen and oxygen atoms in total. The second-order valence-corrected chi connectivity index (χ2v) is 12.7. The maximum atomic E-state index is 6.33. The van der Waals surface area contributed by atoms with Crippen molar-refractivity contribution in [2.45, 2.75) is 62.2 Å². The van der Waals surface area contributed by atoms with Crippen molar-refractivity contribution in [3.05, 3.63) is 90.0 Å². The monoisotopic (exact) mass is 477 g/mol. The van der Waals surface area contributed by atoms with Gasteiger partial charge in [0.05, 0.1) is 20.8 Å². The van der Waals surface area contributed by atoms with E-state index >= 15 is 0 Å². The van der Waals surface area contributed by atoms with Gasteiger partial charge in [0.25, 0.3) is 0 Å². The van der Waals surface area contributed by atoms with Gasteiger partial charge in [-0.05, 0) is 70.5 Å². The molecule has 0 atom stereocenters. The van der Waals surface area contributed by atoms with E-state index in [2.05, 4.69) is 113 Å². The van der Waals surface area contributed by atoms with Crippen molar-refractivity contribution >= 4 is 33.6 Å². The van der Waals surface area contributed by atoms with Gasteiger partial charge in [0, 0.05) is 22.5 Å². The summed E-state index contributed by atoms with van der Waals surface area (Å²) in [4.78, 5) is 2.31. The zero-order chi connectivity index (χ0) is 24.5. The number of rotatable bonds is 1. The minimum Gasteiger partial charge on any atom is -0.455 e. The van der Waals surface area contributed by atoms with E-state index in [1.165, 1.54) is 32.9 Å². The van der Waals surface area contributed by atoms with Gasteiger partial charge < -0.3 is 9.30 Å². The van der Waals surface area contributed by atoms with Crippen LogP contribution in [0.15, 0.2) is 88.7 Å². The predicted octanol–water partition coefficient (Wildman–Crippen LogP) is 9.64. The Morgan fingerprint density at radius 3 is 1.77 bits per heavy atom. The fourth-order valence-electron chi connectivity index (χ4n) is 4.89. The van der Waals surface area contributed by atoms with Crippen LogP contribution in [0.5, 0.6) is 11.5 Å². The summed E-state index contributed by atoms with van der Waals surface area (Å²) in [5.74, 6) is 1.84. The topological polar surface area (TPSA) is 14.2 Å². The van der Waals surface area contributed by atoms with E-state index in [0.717, 1.165) is 27.0 Å². The Labute approximate surface area is 211 Å². The van der Waals surface area contributed by atoms with Gasteiger partial charge in [0.1, 0.15) is 11.5 Å². The highest BCUT2D eigenvalue weighted by Gasteiger charge is 2.22. The third-order valence-corrected chi connectivity index (χ3v) is 8.09. The highest BCUT2D eigenvalue weighted by Crippen LogP contribution is 2.48. The average molecular weight is 478 g/mol. The lowest BCUT2D eigenvalue weighted by Gasteiger charge is -2.21. The van der Waals surface area contributed by atoms with E-state index in [9.17, 15) is 0 Å². The molecule has 1 aliphatic heterocycles. The summed E-state index contributed by atoms with van der Waals surface area (Å²) in [7, 11) is 0. The number of hydrogen-bond donors (Lipinski definition) is 0. The van der Waals surface area contributed by atoms with E-state index in [0.29, 0.717) is 0 Å². The molecule has 0 saturated heterocycles. The normalized spacial score (nSPS) is 13.5. The zero-order valence-electron chi connectivity index (χ0n) is 21.3. The van der Waals surface area contributed by atoms with E-state index in [1.54, 1.807) is 11.8 Å². The number of para-hydroxylation sites is 1. The number of ether oxygens (including phenoxy) is 1. The zero-order valence-corrected chi connectivity index (χ0v) is 22.1. The van der Waals surface area contributed by atoms with Crippen molar-refractivity contribution in [1.82, 2.24) is 4.57 Å². The van der Waals surface area contributed by atoms with Gasteiger partial charge >= 0.3 is 0 Å². The van der Waals surface area contributed by atoms with Gasteiger partial charge in [-0.1, -0.05) is 77.6 Å². The molecule has 35 heavy (non-hydrogen) atoms. The molecule has 0 spiro atoms. The molecule has 2 heterocycles. The SMILES string of the molecule is CC(C)(C)c1ccc2c(c1)c1cc(C(C)(C)C)ccc1n2-c1ccc2c(c1)Oc1ccccc1S2. The van der Waals surface area contributed by atoms with Gasteiger partial charge in [-0.3, -0.25) is 0 Å². The molecular weight excluding hydrogens is 446 g/mol. The van der Waals surface area contributed by atoms with Gasteiger partial charge in [-0.25, -0.2) is 0 Å². The summed E-state index contributed by atoms with van der Waals surface area (Å²) in [5.41, 5.74) is 6.46. The van der Waals surface area contributed by atoms with Gasteiger partial charge in [0.15, 0.2) is 0 Å². The second-order valence-electron chi connectivity index (χ2n) is 11.6. The molecule has 0 radical (unpaired) electrons. The molecule has 5 aromatic rings. The molecule has 1 aromatic heterocycles. The largest absolute Gasteiger partial charge is 0.455 e. The molecular formula is C32H31NOS. The number of benzene rings is 4. The number of nitrogens with zero attached hydrogens (tertiary/aromatic N) is 1. The van der Waals surface area contributed by atoms with Crippen molar-refractivity contribution < 1.29 is 4.74 Å². The number of hydrogen-bond acceptors (Lipinski definition) is 2. The Balaban J connectivity index is 1.59. The van der Waals surface area contributed by atoms with Gasteiger partial charge in [-0.2, -0.15) is 0 Å². The fraction of sp³-hybridized carbons (Fsp3) is 0.250. The Bertz CT molecular complexity index is 1540. The summed E-state index contributed by atoms with van der Waals surface area (Å²) >= 11 is 1.77. The first-order valence-corrected chi connectivity index (χ1v) is 13.1. The van der Waals surface area contributed by atoms with E-state index in [-0.39, 0.29) is 10.8 Å². The maximum absolute atomic E-state index is 6.33. The minimum atomic E-state index is 0.0918. The van der Waals surface area contributed by atoms with E-state index in [4.69, 9.17) is 4.74 Å². The lowest BCUT2D eigenvalue weighted by Crippen LogP contribution is -2.10. The van der Waals surface area contributed by atoms with Crippen LogP contribution in [0.4, 0.5) is 0 Å². The molecule has 6 rings (SSSR count). The average Bonchev–Trinajstić information content (AvgIpc) is 3.14. The summed E-state index contributed by atoms with van der Waals surface area (Å²) in [5, 5.41) is 2.61. The first-order valence-electron chi connectivity index (χ1n) is 12.3. The van der Waals surface area contributed by atoms with Gasteiger partial charge in [0.2, 0.25) is 0 Å². The lowest BCUT2D eigenvalue weighted by atomic mass is 9.85. The van der Waals surface area contributed by atoms with Crippen molar-refractivity contribution in [2.24, 2.45) is 0 Å². The highest BCUT2D eigenvalue weighted by molar-refractivity contribution is 7.99. The third-order valence-electron chi connectivity index (χ3n) is 6.97. The van der Waals surface area contributed by atoms with Crippen molar-refractivity contribution in [1.29, 1.82) is 0 Å². The van der Waals surface area contributed by atoms with Crippen LogP contribution in [-0.2, 0) is 10.8 Å². The molecule has 0 saturated carbocycles. The molecule has 1 aliphatic rings. The van der Waals surface area contributed by atoms with E-state index < -0.39 is 0 Å². The van der Waals surface area contributed by atoms with Crippen LogP contribution in [0.3, 0.4) is 0 Å². The Morgan fingerprint density at radius 2 is 1.17 bits per heavy atom. The standard InChI is InChI=1S/C32H31NOS/c1-31(2,3)20-11-14-25-23(17-20)24-18-21(32(4,5)6)12-15-26(24)33(25)22-13-16-30-28(19-22)34-27-9-7-8-10-29(27)35-30/h7-19H,1-6H3. The Kier molecular flexibility index (Phi) is 4.88. The Hall–Kier alpha value is -3.17. The first-order chi connectivity index (χ1) is 16.6. The lowest BCUT2D eigenvalue weighted by molar-refractivity contribution is 0.454. The van der Waals surface area contributed by atoms with Crippen molar-refractivity contribution in [3.8, 4) is 17.2 Å². The molecule has 0 N–H and O–H groups in total. The van der Waals surface area contributed by atoms with Crippen LogP contribution in [0.1, 0.15) is 52.7 Å². The molecule has 4 aromatic carbocycles. The third kappa shape index (κ3) is 3.73. The number of aromatic nitrogens is 1.